The Bertz CT molecular complexity index is 1540. The third-order valence-corrected chi connectivity index (χ3v) is 5.09. The van der Waals surface area contributed by atoms with Crippen molar-refractivity contribution in [3.05, 3.63) is 63.7 Å². The highest BCUT2D eigenvalue weighted by molar-refractivity contribution is 6.32. The zero-order valence-corrected chi connectivity index (χ0v) is 15.2. The second kappa shape index (κ2) is 6.12. The number of alkyl halides is 2. The summed E-state index contributed by atoms with van der Waals surface area (Å²) in [5, 5.41) is 21.4. The van der Waals surface area contributed by atoms with E-state index in [1.54, 1.807) is 24.4 Å². The van der Waals surface area contributed by atoms with E-state index in [-0.39, 0.29) is 21.5 Å². The van der Waals surface area contributed by atoms with Gasteiger partial charge >= 0.3 is 6.55 Å². The van der Waals surface area contributed by atoms with Gasteiger partial charge in [-0.3, -0.25) is 14.5 Å². The lowest BCUT2D eigenvalue weighted by Gasteiger charge is -2.13. The Morgan fingerprint density at radius 3 is 2.79 bits per heavy atom. The molecule has 0 spiro atoms. The van der Waals surface area contributed by atoms with Crippen molar-refractivity contribution in [1.29, 1.82) is 5.26 Å². The van der Waals surface area contributed by atoms with E-state index in [4.69, 9.17) is 11.6 Å². The summed E-state index contributed by atoms with van der Waals surface area (Å²) in [5.41, 5.74) is 0.998. The van der Waals surface area contributed by atoms with E-state index < -0.39 is 12.1 Å². The molecule has 5 rings (SSSR count). The van der Waals surface area contributed by atoms with E-state index >= 15 is 0 Å². The van der Waals surface area contributed by atoms with Gasteiger partial charge in [-0.15, -0.1) is 0 Å². The fourth-order valence-electron chi connectivity index (χ4n) is 3.50. The highest BCUT2D eigenvalue weighted by Crippen LogP contribution is 2.31. The van der Waals surface area contributed by atoms with Crippen molar-refractivity contribution in [3.8, 4) is 11.8 Å². The molecule has 0 fully saturated rings. The second-order valence-corrected chi connectivity index (χ2v) is 6.77. The maximum absolute atomic E-state index is 13.3. The number of nitriles is 1. The van der Waals surface area contributed by atoms with E-state index in [0.717, 1.165) is 6.20 Å². The first kappa shape index (κ1) is 17.3. The number of hydrogen-bond donors (Lipinski definition) is 1. The Morgan fingerprint density at radius 1 is 1.21 bits per heavy atom. The Kier molecular flexibility index (Phi) is 3.66. The van der Waals surface area contributed by atoms with Crippen molar-refractivity contribution in [2.24, 2.45) is 0 Å². The minimum Gasteiger partial charge on any atom is -0.278 e. The summed E-state index contributed by atoms with van der Waals surface area (Å²) in [4.78, 5) is 13.3. The van der Waals surface area contributed by atoms with Crippen LogP contribution in [0.3, 0.4) is 0 Å². The Balaban J connectivity index is 2.04. The van der Waals surface area contributed by atoms with Gasteiger partial charge in [-0.2, -0.15) is 24.2 Å². The van der Waals surface area contributed by atoms with E-state index in [9.17, 15) is 18.8 Å². The van der Waals surface area contributed by atoms with Gasteiger partial charge in [0.1, 0.15) is 6.07 Å². The van der Waals surface area contributed by atoms with Crippen molar-refractivity contribution in [1.82, 2.24) is 24.5 Å². The number of halogens is 3. The third kappa shape index (κ3) is 2.43. The van der Waals surface area contributed by atoms with Crippen molar-refractivity contribution >= 4 is 44.3 Å². The Labute approximate surface area is 165 Å². The highest BCUT2D eigenvalue weighted by atomic mass is 35.5. The van der Waals surface area contributed by atoms with Crippen LogP contribution in [-0.4, -0.2) is 24.5 Å². The number of rotatable bonds is 2. The van der Waals surface area contributed by atoms with Crippen molar-refractivity contribution in [2.45, 2.75) is 6.55 Å². The first-order chi connectivity index (χ1) is 14.0. The molecule has 10 heteroatoms. The topological polar surface area (TPSA) is 92.3 Å². The van der Waals surface area contributed by atoms with Gasteiger partial charge in [0, 0.05) is 22.4 Å². The molecule has 1 N–H and O–H groups in total. The number of aromatic nitrogens is 5. The number of pyridine rings is 1. The molecule has 29 heavy (non-hydrogen) atoms. The lowest BCUT2D eigenvalue weighted by molar-refractivity contribution is 0.0573. The number of nitrogens with one attached hydrogen (secondary N) is 1. The lowest BCUT2D eigenvalue weighted by atomic mass is 10.1. The monoisotopic (exact) mass is 410 g/mol. The molecule has 0 radical (unpaired) electrons. The summed E-state index contributed by atoms with van der Waals surface area (Å²) >= 11 is 6.22. The maximum Gasteiger partial charge on any atom is 0.333 e. The van der Waals surface area contributed by atoms with Crippen LogP contribution in [0.15, 0.2) is 47.5 Å². The molecule has 0 aliphatic heterocycles. The quantitative estimate of drug-likeness (QED) is 0.473. The molecule has 0 aliphatic carbocycles. The number of nitrogens with zero attached hydrogens (tertiary/aromatic N) is 5. The summed E-state index contributed by atoms with van der Waals surface area (Å²) < 4.78 is 28.3. The molecular formula is C19H9ClF2N6O. The fourth-order valence-corrected chi connectivity index (χ4v) is 3.70. The van der Waals surface area contributed by atoms with Gasteiger partial charge in [-0.1, -0.05) is 17.7 Å². The molecule has 2 aromatic carbocycles. The number of H-pyrrole nitrogens is 1. The molecule has 0 saturated heterocycles. The number of aromatic amines is 1. The van der Waals surface area contributed by atoms with Crippen molar-refractivity contribution in [2.75, 3.05) is 0 Å². The zero-order valence-electron chi connectivity index (χ0n) is 14.4. The third-order valence-electron chi connectivity index (χ3n) is 4.78. The average Bonchev–Trinajstić information content (AvgIpc) is 3.35. The van der Waals surface area contributed by atoms with E-state index in [2.05, 4.69) is 15.3 Å². The maximum atomic E-state index is 13.3. The summed E-state index contributed by atoms with van der Waals surface area (Å²) in [6, 6.07) is 10.2. The summed E-state index contributed by atoms with van der Waals surface area (Å²) in [5.74, 6) is 0. The predicted octanol–water partition coefficient (Wildman–Crippen LogP) is 4.14. The van der Waals surface area contributed by atoms with Crippen LogP contribution >= 0.6 is 11.6 Å². The van der Waals surface area contributed by atoms with E-state index in [0.29, 0.717) is 32.2 Å². The Morgan fingerprint density at radius 2 is 2.03 bits per heavy atom. The highest BCUT2D eigenvalue weighted by Gasteiger charge is 2.20. The normalized spacial score (nSPS) is 11.7. The largest absolute Gasteiger partial charge is 0.333 e. The van der Waals surface area contributed by atoms with Crippen LogP contribution in [0.2, 0.25) is 5.02 Å². The number of benzene rings is 2. The minimum absolute atomic E-state index is 0.135. The van der Waals surface area contributed by atoms with Gasteiger partial charge in [0.15, 0.2) is 5.52 Å². The standard InChI is InChI=1S/C19H9ClF2N6O/c20-13-5-16-10(4-9(13)6-23)12-8-27(19(21)22)26-17(12)18(29)28(16)15-3-1-2-14-11(15)7-24-25-14/h1-5,7-8,19H,(H,24,25). The van der Waals surface area contributed by atoms with E-state index in [1.807, 2.05) is 6.07 Å². The molecule has 0 unspecified atom stereocenters. The van der Waals surface area contributed by atoms with Crippen molar-refractivity contribution < 1.29 is 8.78 Å². The SMILES string of the molecule is N#Cc1cc2c3cn(C(F)F)nc3c(=O)n(-c3cccc4[nH]ncc34)c2cc1Cl. The van der Waals surface area contributed by atoms with Gasteiger partial charge in [-0.25, -0.2) is 4.68 Å². The smallest absolute Gasteiger partial charge is 0.278 e. The van der Waals surface area contributed by atoms with Gasteiger partial charge in [0.2, 0.25) is 0 Å². The summed E-state index contributed by atoms with van der Waals surface area (Å²) in [6.07, 6.45) is 2.66. The van der Waals surface area contributed by atoms with Gasteiger partial charge in [0.05, 0.1) is 33.5 Å². The van der Waals surface area contributed by atoms with Crippen LogP contribution in [0.1, 0.15) is 12.1 Å². The zero-order chi connectivity index (χ0) is 20.3. The van der Waals surface area contributed by atoms with E-state index in [1.165, 1.54) is 16.7 Å². The van der Waals surface area contributed by atoms with Crippen LogP contribution in [-0.2, 0) is 0 Å². The predicted molar refractivity (Wildman–Crippen MR) is 103 cm³/mol. The van der Waals surface area contributed by atoms with Gasteiger partial charge in [-0.05, 0) is 24.3 Å². The molecule has 3 heterocycles. The second-order valence-electron chi connectivity index (χ2n) is 6.36. The van der Waals surface area contributed by atoms with Gasteiger partial charge < -0.3 is 0 Å². The molecule has 0 atom stereocenters. The summed E-state index contributed by atoms with van der Waals surface area (Å²) in [6.45, 7) is -2.91. The summed E-state index contributed by atoms with van der Waals surface area (Å²) in [7, 11) is 0. The first-order valence-electron chi connectivity index (χ1n) is 8.37. The van der Waals surface area contributed by atoms with Crippen LogP contribution < -0.4 is 5.56 Å². The van der Waals surface area contributed by atoms with Gasteiger partial charge in [0.25, 0.3) is 5.56 Å². The first-order valence-corrected chi connectivity index (χ1v) is 8.75. The number of fused-ring (bicyclic) bond motifs is 4. The van der Waals surface area contributed by atoms with Crippen LogP contribution in [0.25, 0.3) is 38.4 Å². The molecular weight excluding hydrogens is 402 g/mol. The molecule has 0 saturated carbocycles. The molecule has 7 nitrogen and oxygen atoms in total. The molecule has 5 aromatic rings. The minimum atomic E-state index is -2.91. The van der Waals surface area contributed by atoms with Crippen LogP contribution in [0.5, 0.6) is 0 Å². The molecule has 0 amide bonds. The molecule has 142 valence electrons. The van der Waals surface area contributed by atoms with Crippen LogP contribution in [0, 0.1) is 11.3 Å². The Hall–Kier alpha value is -3.77. The molecule has 0 bridgehead atoms. The molecule has 0 aliphatic rings. The van der Waals surface area contributed by atoms with Crippen LogP contribution in [0.4, 0.5) is 8.78 Å². The molecule has 3 aromatic heterocycles. The van der Waals surface area contributed by atoms with Crippen molar-refractivity contribution in [3.63, 3.8) is 0 Å². The number of hydrogen-bond acceptors (Lipinski definition) is 4. The lowest BCUT2D eigenvalue weighted by Crippen LogP contribution is -2.20. The fraction of sp³-hybridized carbons (Fsp3) is 0.0526. The average molecular weight is 411 g/mol.